The molecular formula is C103H157N21O16S2. The average Bonchev–Trinajstić information content (AvgIpc) is 1.62. The third-order valence-corrected chi connectivity index (χ3v) is 28.7. The Morgan fingerprint density at radius 1 is 0.563 bits per heavy atom. The lowest BCUT2D eigenvalue weighted by Gasteiger charge is -2.32. The maximum absolute atomic E-state index is 13.3. The highest BCUT2D eigenvalue weighted by Crippen LogP contribution is 2.42. The number of benzene rings is 3. The van der Waals surface area contributed by atoms with Gasteiger partial charge in [-0.2, -0.15) is 13.1 Å². The monoisotopic (exact) mass is 2010 g/mol. The van der Waals surface area contributed by atoms with Crippen molar-refractivity contribution >= 4 is 68.9 Å². The second kappa shape index (κ2) is 51.3. The van der Waals surface area contributed by atoms with Crippen LogP contribution in [0.3, 0.4) is 0 Å². The number of aliphatic carboxylic acids is 1. The number of carboxylic acid groups (broad SMARTS) is 1. The van der Waals surface area contributed by atoms with Gasteiger partial charge in [-0.1, -0.05) is 211 Å². The van der Waals surface area contributed by atoms with Crippen LogP contribution in [0.5, 0.6) is 23.0 Å². The Hall–Kier alpha value is -10.5. The van der Waals surface area contributed by atoms with Gasteiger partial charge in [0.1, 0.15) is 24.2 Å². The number of hydrogen-bond donors (Lipinski definition) is 13. The molecule has 3 aliphatic rings. The topological polar surface area (TPSA) is 485 Å². The lowest BCUT2D eigenvalue weighted by Crippen LogP contribution is -2.43. The van der Waals surface area contributed by atoms with E-state index in [1.165, 1.54) is 156 Å². The van der Waals surface area contributed by atoms with Gasteiger partial charge in [-0.05, 0) is 145 Å². The number of rotatable bonds is 46. The van der Waals surface area contributed by atoms with Gasteiger partial charge in [-0.25, -0.2) is 27.6 Å². The van der Waals surface area contributed by atoms with Crippen molar-refractivity contribution in [2.75, 3.05) is 59.2 Å². The van der Waals surface area contributed by atoms with Gasteiger partial charge in [0, 0.05) is 131 Å². The SMILES string of the molecule is CC(C)(CNCc1cc(C2CCCCC2)ccc1OCCCC(=O)O)c1nnc2cc(C3(C)CCCCC3)[nH]n12.CCCC(=O)NC(C)c1nnc2cc(C3(C)CCCCC3)[nH]n12.CCCCCCCCc1ccc(OC(C)C(=O)N(CCO)CCO)c(OS(=O)NCC(C)(C)c2nnc3cc(C(C)(C)C)[nH]n23)c1.Cc1ccc(C(=O)OCC(O)CO)cc1OS(=O)NC(C)c1nnc2cc(C(C)(C)C)[nH]n12. The third-order valence-electron chi connectivity index (χ3n) is 27.1. The first-order valence-corrected chi connectivity index (χ1v) is 53.1. The van der Waals surface area contributed by atoms with Crippen LogP contribution in [0.15, 0.2) is 78.9 Å². The number of carbonyl (C=O) groups excluding carboxylic acids is 3. The maximum Gasteiger partial charge on any atom is 0.338 e. The Kier molecular flexibility index (Phi) is 40.4. The molecule has 6 atom stereocenters. The number of aryl methyl sites for hydroxylation is 2. The average molecular weight is 2010 g/mol. The Labute approximate surface area is 839 Å². The van der Waals surface area contributed by atoms with Crippen LogP contribution in [0.4, 0.5) is 0 Å². The van der Waals surface area contributed by atoms with E-state index in [1.54, 1.807) is 37.4 Å². The quantitative estimate of drug-likeness (QED) is 0.0124. The van der Waals surface area contributed by atoms with Crippen molar-refractivity contribution in [2.24, 2.45) is 0 Å². The van der Waals surface area contributed by atoms with Gasteiger partial charge in [-0.3, -0.25) is 34.8 Å². The molecule has 8 heterocycles. The molecule has 3 fully saturated rings. The first-order valence-electron chi connectivity index (χ1n) is 50.9. The van der Waals surface area contributed by atoms with Crippen molar-refractivity contribution in [2.45, 2.75) is 361 Å². The van der Waals surface area contributed by atoms with Crippen molar-refractivity contribution in [3.63, 3.8) is 0 Å². The minimum absolute atomic E-state index is 0.0581. The number of aromatic nitrogens is 16. The van der Waals surface area contributed by atoms with Gasteiger partial charge >= 0.3 is 11.9 Å². The highest BCUT2D eigenvalue weighted by molar-refractivity contribution is 7.78. The van der Waals surface area contributed by atoms with E-state index in [4.69, 9.17) is 32.8 Å². The van der Waals surface area contributed by atoms with E-state index in [2.05, 4.69) is 192 Å². The third kappa shape index (κ3) is 30.6. The largest absolute Gasteiger partial charge is 0.493 e. The molecule has 0 aliphatic heterocycles. The summed E-state index contributed by atoms with van der Waals surface area (Å²) in [6.07, 6.45) is 26.9. The minimum atomic E-state index is -1.95. The normalized spacial score (nSPS) is 16.0. The number of amides is 2. The molecule has 2 amide bonds. The van der Waals surface area contributed by atoms with E-state index in [-0.39, 0.29) is 114 Å². The molecule has 0 radical (unpaired) electrons. The number of nitrogens with zero attached hydrogens (tertiary/aromatic N) is 13. The number of ether oxygens (including phenoxy) is 3. The maximum atomic E-state index is 13.3. The standard InChI is InChI=1S/C33H54N6O6S.C32H47N5O3.C21H29N5O6S.C17H27N5O/c1-8-9-10-11-12-13-14-25-15-16-26(44-24(2)30(42)38(17-19-40)18-20-41)27(21-25)45-46(43)34-23-33(6,7)31-36-35-29-22-28(32(3,4)5)37-39(29)31;1-31(2,30-35-34-28-20-27(36-37(28)30)32(3)16-8-5-9-17-32)22-33-21-25-19-24(23-11-6-4-7-12-23)14-15-26(25)40-18-10-13-29(38)39;1-12-6-7-14(20(29)31-11-15(28)10-27)8-16(12)32-33(30)25-13(2)19-23-22-18-9-17(21(3,4)5)24-26(18)19;1-4-8-15(23)18-12(2)16-20-19-14-11-13(21-22(14)16)17(3)9-6-5-7-10-17/h15-16,21-22,24,34,37,40-41H,8-14,17-20,23H2,1-7H3;14-15,19-20,23,33,36H,4-13,16-18,21-22H2,1-3H3,(H,38,39);6-9,13,15,24-25,27-28H,10-11H2,1-5H3;11-12,21H,4-10H2,1-3H3,(H,18,23). The fraction of sp³-hybridized carbons (Fsp3) is 0.631. The van der Waals surface area contributed by atoms with E-state index in [0.717, 1.165) is 89.1 Å². The molecular weight excluding hydrogens is 1850 g/mol. The Bertz CT molecular complexity index is 5920. The van der Waals surface area contributed by atoms with Crippen LogP contribution in [0.1, 0.15) is 375 Å². The van der Waals surface area contributed by atoms with Crippen LogP contribution in [-0.4, -0.2) is 213 Å². The zero-order valence-electron chi connectivity index (χ0n) is 86.7. The van der Waals surface area contributed by atoms with Gasteiger partial charge in [0.2, 0.25) is 5.91 Å². The summed E-state index contributed by atoms with van der Waals surface area (Å²) in [5.41, 5.74) is 11.4. The summed E-state index contributed by atoms with van der Waals surface area (Å²) in [5.74, 6) is 3.32. The lowest BCUT2D eigenvalue weighted by molar-refractivity contribution is -0.139. The molecule has 0 spiro atoms. The molecule has 0 bridgehead atoms. The summed E-state index contributed by atoms with van der Waals surface area (Å²) < 4.78 is 67.8. The van der Waals surface area contributed by atoms with Gasteiger partial charge < -0.3 is 63.6 Å². The fourth-order valence-corrected chi connectivity index (χ4v) is 19.9. The molecule has 37 nitrogen and oxygen atoms in total. The number of hydrogen-bond acceptors (Lipinski definition) is 24. The Balaban J connectivity index is 0.000000185. The number of esters is 1. The number of aromatic amines is 4. The second-order valence-electron chi connectivity index (χ2n) is 42.4. The zero-order chi connectivity index (χ0) is 103. The van der Waals surface area contributed by atoms with Crippen molar-refractivity contribution in [1.29, 1.82) is 0 Å². The van der Waals surface area contributed by atoms with Gasteiger partial charge in [-0.15, -0.1) is 40.8 Å². The zero-order valence-corrected chi connectivity index (χ0v) is 88.3. The molecule has 6 unspecified atom stereocenters. The molecule has 3 saturated carbocycles. The molecule has 0 saturated heterocycles. The summed E-state index contributed by atoms with van der Waals surface area (Å²) in [6, 6.07) is 24.2. The van der Waals surface area contributed by atoms with Crippen molar-refractivity contribution < 1.29 is 75.7 Å². The molecule has 782 valence electrons. The van der Waals surface area contributed by atoms with Gasteiger partial charge in [0.25, 0.3) is 28.4 Å². The van der Waals surface area contributed by atoms with E-state index in [9.17, 15) is 42.9 Å². The van der Waals surface area contributed by atoms with Crippen LogP contribution < -0.4 is 37.9 Å². The lowest BCUT2D eigenvalue weighted by atomic mass is 9.73. The van der Waals surface area contributed by atoms with E-state index >= 15 is 0 Å². The van der Waals surface area contributed by atoms with E-state index in [0.29, 0.717) is 54.8 Å². The number of H-pyrrole nitrogens is 4. The number of fused-ring (bicyclic) bond motifs is 4. The Morgan fingerprint density at radius 3 is 1.70 bits per heavy atom. The molecule has 8 aromatic heterocycles. The number of nitrogens with one attached hydrogen (secondary N) is 8. The first-order chi connectivity index (χ1) is 67.6. The molecule has 39 heteroatoms. The van der Waals surface area contributed by atoms with Crippen molar-refractivity contribution in [1.82, 2.24) is 104 Å². The fourth-order valence-electron chi connectivity index (χ4n) is 18.3. The summed E-state index contributed by atoms with van der Waals surface area (Å²) in [5, 5.41) is 101. The molecule has 13 N–H and O–H groups in total. The smallest absolute Gasteiger partial charge is 0.338 e. The van der Waals surface area contributed by atoms with E-state index < -0.39 is 64.7 Å². The molecule has 11 aromatic rings. The number of carboxylic acids is 1. The summed E-state index contributed by atoms with van der Waals surface area (Å²) >= 11 is -3.90. The predicted octanol–water partition coefficient (Wildman–Crippen LogP) is 15.7. The van der Waals surface area contributed by atoms with Crippen molar-refractivity contribution in [3.05, 3.63) is 153 Å². The van der Waals surface area contributed by atoms with Crippen LogP contribution in [-0.2, 0) is 87.1 Å². The van der Waals surface area contributed by atoms with E-state index in [1.807, 2.05) is 61.0 Å². The highest BCUT2D eigenvalue weighted by atomic mass is 32.2. The molecule has 142 heavy (non-hydrogen) atoms. The molecule has 14 rings (SSSR count). The summed E-state index contributed by atoms with van der Waals surface area (Å²) in [4.78, 5) is 49.2. The molecule has 3 aliphatic carbocycles. The second-order valence-corrected chi connectivity index (χ2v) is 44.2. The number of aliphatic hydroxyl groups excluding tert-OH is 4. The van der Waals surface area contributed by atoms with Crippen molar-refractivity contribution in [3.8, 4) is 23.0 Å². The van der Waals surface area contributed by atoms with Crippen LogP contribution >= 0.6 is 0 Å². The van der Waals surface area contributed by atoms with Crippen LogP contribution in [0.25, 0.3) is 22.6 Å². The summed E-state index contributed by atoms with van der Waals surface area (Å²) in [6.45, 7) is 37.9. The molecule has 3 aromatic carbocycles. The van der Waals surface area contributed by atoms with Gasteiger partial charge in [0.15, 0.2) is 63.5 Å². The first kappa shape index (κ1) is 112. The number of unbranched alkanes of at least 4 members (excludes halogenated alkanes) is 5. The Morgan fingerprint density at radius 2 is 1.10 bits per heavy atom. The highest BCUT2D eigenvalue weighted by Gasteiger charge is 2.37. The van der Waals surface area contributed by atoms with Crippen LogP contribution in [0, 0.1) is 6.92 Å². The number of aliphatic hydroxyl groups is 4. The minimum Gasteiger partial charge on any atom is -0.493 e. The van der Waals surface area contributed by atoms with Crippen LogP contribution in [0.2, 0.25) is 0 Å². The number of carbonyl (C=O) groups is 4. The summed E-state index contributed by atoms with van der Waals surface area (Å²) in [7, 11) is 0. The van der Waals surface area contributed by atoms with Gasteiger partial charge in [0.05, 0.1) is 44.1 Å². The predicted molar refractivity (Wildman–Crippen MR) is 547 cm³/mol.